The molecule has 0 radical (unpaired) electrons. The predicted octanol–water partition coefficient (Wildman–Crippen LogP) is 3.87. The summed E-state index contributed by atoms with van der Waals surface area (Å²) < 4.78 is 28.2. The zero-order chi connectivity index (χ0) is 21.3. The quantitative estimate of drug-likeness (QED) is 0.658. The maximum atomic E-state index is 14.2. The molecule has 0 bridgehead atoms. The summed E-state index contributed by atoms with van der Waals surface area (Å²) in [7, 11) is 0. The number of aryl methyl sites for hydroxylation is 2. The number of carbonyl (C=O) groups excluding carboxylic acids is 1. The SMILES string of the molecule is Cc1nc2cc(F)cc(C(=O)N3CCCN(Cc4ccccc4F)CC3)c2nc1C. The summed E-state index contributed by atoms with van der Waals surface area (Å²) in [5.41, 5.74) is 3.13. The van der Waals surface area contributed by atoms with Crippen molar-refractivity contribution >= 4 is 16.9 Å². The van der Waals surface area contributed by atoms with Crippen molar-refractivity contribution in [1.82, 2.24) is 19.8 Å². The highest BCUT2D eigenvalue weighted by Crippen LogP contribution is 2.22. The fourth-order valence-corrected chi connectivity index (χ4v) is 3.83. The van der Waals surface area contributed by atoms with E-state index in [4.69, 9.17) is 0 Å². The lowest BCUT2D eigenvalue weighted by atomic mass is 10.1. The fraction of sp³-hybridized carbons (Fsp3) is 0.348. The first-order chi connectivity index (χ1) is 14.4. The number of rotatable bonds is 3. The average Bonchev–Trinajstić information content (AvgIpc) is 2.95. The first kappa shape index (κ1) is 20.3. The van der Waals surface area contributed by atoms with Crippen LogP contribution in [-0.4, -0.2) is 51.9 Å². The molecule has 1 aliphatic rings. The van der Waals surface area contributed by atoms with Crippen molar-refractivity contribution in [3.8, 4) is 0 Å². The highest BCUT2D eigenvalue weighted by molar-refractivity contribution is 6.04. The molecule has 156 valence electrons. The Balaban J connectivity index is 1.54. The number of amides is 1. The van der Waals surface area contributed by atoms with Crippen LogP contribution in [0, 0.1) is 25.5 Å². The molecule has 5 nitrogen and oxygen atoms in total. The van der Waals surface area contributed by atoms with E-state index in [2.05, 4.69) is 14.9 Å². The van der Waals surface area contributed by atoms with Gasteiger partial charge in [0.1, 0.15) is 17.2 Å². The summed E-state index contributed by atoms with van der Waals surface area (Å²) in [4.78, 5) is 26.0. The molecule has 0 saturated carbocycles. The van der Waals surface area contributed by atoms with E-state index < -0.39 is 5.82 Å². The molecule has 7 heteroatoms. The molecule has 2 aromatic carbocycles. The molecule has 1 aromatic heterocycles. The van der Waals surface area contributed by atoms with Gasteiger partial charge in [0.05, 0.1) is 22.5 Å². The van der Waals surface area contributed by atoms with Crippen molar-refractivity contribution in [2.45, 2.75) is 26.8 Å². The maximum Gasteiger partial charge on any atom is 0.256 e. The number of carbonyl (C=O) groups is 1. The Labute approximate surface area is 174 Å². The molecule has 0 spiro atoms. The third-order valence-electron chi connectivity index (χ3n) is 5.60. The maximum absolute atomic E-state index is 14.2. The van der Waals surface area contributed by atoms with E-state index in [-0.39, 0.29) is 17.3 Å². The molecule has 0 N–H and O–H groups in total. The van der Waals surface area contributed by atoms with Gasteiger partial charge in [-0.3, -0.25) is 9.69 Å². The van der Waals surface area contributed by atoms with E-state index in [1.165, 1.54) is 18.2 Å². The number of nitrogens with zero attached hydrogens (tertiary/aromatic N) is 4. The number of halogens is 2. The first-order valence-electron chi connectivity index (χ1n) is 10.1. The van der Waals surface area contributed by atoms with Crippen LogP contribution in [0.3, 0.4) is 0 Å². The standard InChI is InChI=1S/C23H24F2N4O/c1-15-16(2)27-22-19(12-18(24)13-21(22)26-15)23(30)29-9-5-8-28(10-11-29)14-17-6-3-4-7-20(17)25/h3-4,6-7,12-13H,5,8-11,14H2,1-2H3. The van der Waals surface area contributed by atoms with Crippen LogP contribution in [0.15, 0.2) is 36.4 Å². The van der Waals surface area contributed by atoms with Crippen LogP contribution >= 0.6 is 0 Å². The van der Waals surface area contributed by atoms with Crippen molar-refractivity contribution < 1.29 is 13.6 Å². The summed E-state index contributed by atoms with van der Waals surface area (Å²) in [6.45, 7) is 6.57. The number of hydrogen-bond donors (Lipinski definition) is 0. The van der Waals surface area contributed by atoms with Crippen LogP contribution in [0.4, 0.5) is 8.78 Å². The molecule has 0 aliphatic carbocycles. The molecular formula is C23H24F2N4O. The van der Waals surface area contributed by atoms with Crippen molar-refractivity contribution in [1.29, 1.82) is 0 Å². The van der Waals surface area contributed by atoms with E-state index in [9.17, 15) is 13.6 Å². The zero-order valence-electron chi connectivity index (χ0n) is 17.2. The zero-order valence-corrected chi connectivity index (χ0v) is 17.2. The Morgan fingerprint density at radius 2 is 1.77 bits per heavy atom. The number of benzene rings is 2. The number of hydrogen-bond acceptors (Lipinski definition) is 4. The van der Waals surface area contributed by atoms with Gasteiger partial charge in [0, 0.05) is 44.4 Å². The third-order valence-corrected chi connectivity index (χ3v) is 5.60. The minimum absolute atomic E-state index is 0.217. The predicted molar refractivity (Wildman–Crippen MR) is 111 cm³/mol. The summed E-state index contributed by atoms with van der Waals surface area (Å²) in [5.74, 6) is -0.964. The van der Waals surface area contributed by atoms with Crippen LogP contribution in [0.25, 0.3) is 11.0 Å². The molecule has 2 heterocycles. The van der Waals surface area contributed by atoms with Crippen LogP contribution in [-0.2, 0) is 6.54 Å². The van der Waals surface area contributed by atoms with Crippen LogP contribution in [0.2, 0.25) is 0 Å². The Morgan fingerprint density at radius 3 is 2.57 bits per heavy atom. The van der Waals surface area contributed by atoms with E-state index >= 15 is 0 Å². The first-order valence-corrected chi connectivity index (χ1v) is 10.1. The van der Waals surface area contributed by atoms with Gasteiger partial charge in [-0.15, -0.1) is 0 Å². The van der Waals surface area contributed by atoms with E-state index in [1.807, 2.05) is 19.9 Å². The lowest BCUT2D eigenvalue weighted by molar-refractivity contribution is 0.0762. The lowest BCUT2D eigenvalue weighted by Crippen LogP contribution is -2.35. The summed E-state index contributed by atoms with van der Waals surface area (Å²) >= 11 is 0. The Bertz CT molecular complexity index is 1100. The molecular weight excluding hydrogens is 386 g/mol. The van der Waals surface area contributed by atoms with Crippen molar-refractivity contribution in [2.24, 2.45) is 0 Å². The largest absolute Gasteiger partial charge is 0.337 e. The van der Waals surface area contributed by atoms with Gasteiger partial charge in [0.2, 0.25) is 0 Å². The number of fused-ring (bicyclic) bond motifs is 1. The van der Waals surface area contributed by atoms with Gasteiger partial charge in [-0.05, 0) is 32.4 Å². The monoisotopic (exact) mass is 410 g/mol. The van der Waals surface area contributed by atoms with Gasteiger partial charge in [-0.1, -0.05) is 18.2 Å². The Morgan fingerprint density at radius 1 is 1.00 bits per heavy atom. The second-order valence-corrected chi connectivity index (χ2v) is 7.73. The lowest BCUT2D eigenvalue weighted by Gasteiger charge is -2.22. The van der Waals surface area contributed by atoms with E-state index in [1.54, 1.807) is 17.0 Å². The van der Waals surface area contributed by atoms with Gasteiger partial charge in [-0.25, -0.2) is 18.7 Å². The molecule has 4 rings (SSSR count). The van der Waals surface area contributed by atoms with Crippen LogP contribution < -0.4 is 0 Å². The van der Waals surface area contributed by atoms with Gasteiger partial charge >= 0.3 is 0 Å². The Kier molecular flexibility index (Phi) is 5.72. The van der Waals surface area contributed by atoms with Crippen LogP contribution in [0.5, 0.6) is 0 Å². The highest BCUT2D eigenvalue weighted by Gasteiger charge is 2.24. The molecule has 1 aliphatic heterocycles. The van der Waals surface area contributed by atoms with Gasteiger partial charge in [0.25, 0.3) is 5.91 Å². The topological polar surface area (TPSA) is 49.3 Å². The van der Waals surface area contributed by atoms with Gasteiger partial charge in [-0.2, -0.15) is 0 Å². The molecule has 3 aromatic rings. The normalized spacial score (nSPS) is 15.4. The molecule has 1 amide bonds. The van der Waals surface area contributed by atoms with Crippen molar-refractivity contribution in [3.05, 3.63) is 70.5 Å². The molecule has 0 atom stereocenters. The van der Waals surface area contributed by atoms with Crippen LogP contribution in [0.1, 0.15) is 33.7 Å². The third kappa shape index (κ3) is 4.16. The molecule has 1 fully saturated rings. The summed E-state index contributed by atoms with van der Waals surface area (Å²) in [6.07, 6.45) is 0.761. The fourth-order valence-electron chi connectivity index (χ4n) is 3.83. The second-order valence-electron chi connectivity index (χ2n) is 7.73. The van der Waals surface area contributed by atoms with E-state index in [0.717, 1.165) is 18.7 Å². The van der Waals surface area contributed by atoms with Gasteiger partial charge in [0.15, 0.2) is 0 Å². The average molecular weight is 410 g/mol. The second kappa shape index (κ2) is 8.44. The Hall–Kier alpha value is -2.93. The smallest absolute Gasteiger partial charge is 0.256 e. The van der Waals surface area contributed by atoms with Gasteiger partial charge < -0.3 is 4.90 Å². The minimum atomic E-state index is -0.501. The molecule has 1 saturated heterocycles. The van der Waals surface area contributed by atoms with Crippen molar-refractivity contribution in [2.75, 3.05) is 26.2 Å². The number of aromatic nitrogens is 2. The van der Waals surface area contributed by atoms with Crippen molar-refractivity contribution in [3.63, 3.8) is 0 Å². The minimum Gasteiger partial charge on any atom is -0.337 e. The highest BCUT2D eigenvalue weighted by atomic mass is 19.1. The summed E-state index contributed by atoms with van der Waals surface area (Å²) in [6, 6.07) is 9.30. The van der Waals surface area contributed by atoms with E-state index in [0.29, 0.717) is 48.5 Å². The molecule has 30 heavy (non-hydrogen) atoms. The summed E-state index contributed by atoms with van der Waals surface area (Å²) in [5, 5.41) is 0. The molecule has 0 unspecified atom stereocenters.